The molecule has 2 fully saturated rings. The highest BCUT2D eigenvalue weighted by Gasteiger charge is 2.41. The molecule has 1 aromatic heterocycles. The number of nitrogens with zero attached hydrogens (tertiary/aromatic N) is 1. The third kappa shape index (κ3) is 4.81. The molecule has 37 heavy (non-hydrogen) atoms. The van der Waals surface area contributed by atoms with Gasteiger partial charge in [-0.3, -0.25) is 4.79 Å². The molecule has 0 radical (unpaired) electrons. The van der Waals surface area contributed by atoms with Crippen LogP contribution in [0.1, 0.15) is 80.4 Å². The van der Waals surface area contributed by atoms with E-state index in [0.29, 0.717) is 48.0 Å². The molecule has 3 aliphatic rings. The first kappa shape index (κ1) is 26.3. The number of carbonyl (C=O) groups excluding carboxylic acids is 1. The molecular weight excluding hydrogens is 518 g/mol. The van der Waals surface area contributed by atoms with Crippen LogP contribution in [0.15, 0.2) is 21.8 Å². The number of pyridine rings is 1. The quantitative estimate of drug-likeness (QED) is 0.453. The van der Waals surface area contributed by atoms with Crippen molar-refractivity contribution in [3.63, 3.8) is 0 Å². The van der Waals surface area contributed by atoms with E-state index in [1.165, 1.54) is 6.07 Å². The van der Waals surface area contributed by atoms with Crippen LogP contribution in [0.5, 0.6) is 5.75 Å². The molecule has 1 aliphatic carbocycles. The molecule has 1 atom stereocenters. The summed E-state index contributed by atoms with van der Waals surface area (Å²) in [7, 11) is -3.82. The van der Waals surface area contributed by atoms with Crippen LogP contribution in [0, 0.1) is 5.92 Å². The van der Waals surface area contributed by atoms with Gasteiger partial charge in [-0.1, -0.05) is 25.4 Å². The van der Waals surface area contributed by atoms with Crippen LogP contribution in [-0.4, -0.2) is 44.9 Å². The van der Waals surface area contributed by atoms with Crippen molar-refractivity contribution in [2.24, 2.45) is 5.92 Å². The summed E-state index contributed by atoms with van der Waals surface area (Å²) < 4.78 is 45.7. The van der Waals surface area contributed by atoms with E-state index in [0.717, 1.165) is 19.3 Å². The van der Waals surface area contributed by atoms with E-state index >= 15 is 0 Å². The second-order valence-electron chi connectivity index (χ2n) is 10.7. The lowest BCUT2D eigenvalue weighted by Gasteiger charge is -2.29. The lowest BCUT2D eigenvalue weighted by molar-refractivity contribution is 0.0373. The number of hydrogen-bond acceptors (Lipinski definition) is 7. The van der Waals surface area contributed by atoms with Crippen LogP contribution < -0.4 is 10.3 Å². The smallest absolute Gasteiger partial charge is 0.344 e. The number of ether oxygens (including phenoxy) is 3. The average molecular weight is 550 g/mol. The third-order valence-corrected chi connectivity index (χ3v) is 9.02. The molecule has 0 unspecified atom stereocenters. The van der Waals surface area contributed by atoms with Crippen LogP contribution in [0.2, 0.25) is 5.02 Å². The molecule has 8 nitrogen and oxygen atoms in total. The highest BCUT2D eigenvalue weighted by molar-refractivity contribution is 7.90. The second kappa shape index (κ2) is 9.75. The van der Waals surface area contributed by atoms with Crippen LogP contribution in [0.3, 0.4) is 0 Å². The van der Waals surface area contributed by atoms with Crippen molar-refractivity contribution in [2.75, 3.05) is 19.8 Å². The van der Waals surface area contributed by atoms with Gasteiger partial charge in [0.2, 0.25) is 0 Å². The maximum atomic E-state index is 13.9. The molecule has 10 heteroatoms. The molecule has 200 valence electrons. The fourth-order valence-electron chi connectivity index (χ4n) is 5.27. The summed E-state index contributed by atoms with van der Waals surface area (Å²) in [5.41, 5.74) is 1.28. The van der Waals surface area contributed by atoms with Crippen molar-refractivity contribution in [2.45, 2.75) is 75.7 Å². The monoisotopic (exact) mass is 549 g/mol. The number of aromatic nitrogens is 1. The summed E-state index contributed by atoms with van der Waals surface area (Å²) in [5.74, 6) is -0.812. The Labute approximate surface area is 221 Å². The summed E-state index contributed by atoms with van der Waals surface area (Å²) in [6.45, 7) is 8.78. The zero-order valence-electron chi connectivity index (χ0n) is 21.5. The van der Waals surface area contributed by atoms with Gasteiger partial charge in [0.15, 0.2) is 9.84 Å². The maximum absolute atomic E-state index is 13.9. The number of rotatable bonds is 7. The van der Waals surface area contributed by atoms with Gasteiger partial charge < -0.3 is 18.8 Å². The number of sulfone groups is 1. The molecule has 2 aromatic rings. The fourth-order valence-corrected chi connectivity index (χ4v) is 7.09. The van der Waals surface area contributed by atoms with E-state index in [4.69, 9.17) is 25.8 Å². The molecule has 0 spiro atoms. The van der Waals surface area contributed by atoms with Gasteiger partial charge in [-0.15, -0.1) is 0 Å². The number of hydrogen-bond donors (Lipinski definition) is 0. The number of benzene rings is 1. The highest BCUT2D eigenvalue weighted by atomic mass is 35.5. The Balaban J connectivity index is 1.73. The van der Waals surface area contributed by atoms with Crippen molar-refractivity contribution in [3.8, 4) is 17.0 Å². The normalized spacial score (nSPS) is 20.1. The summed E-state index contributed by atoms with van der Waals surface area (Å²) in [6.07, 6.45) is 2.00. The van der Waals surface area contributed by atoms with Crippen LogP contribution in [0.4, 0.5) is 0 Å². The van der Waals surface area contributed by atoms with Crippen molar-refractivity contribution < 1.29 is 27.4 Å². The number of halogens is 1. The summed E-state index contributed by atoms with van der Waals surface area (Å²) >= 11 is 6.62. The fraction of sp³-hybridized carbons (Fsp3) is 0.556. The minimum absolute atomic E-state index is 0.0715. The van der Waals surface area contributed by atoms with Crippen molar-refractivity contribution >= 4 is 27.4 Å². The molecule has 0 amide bonds. The molecule has 2 aliphatic heterocycles. The van der Waals surface area contributed by atoms with Crippen LogP contribution in [-0.2, 0) is 25.1 Å². The minimum atomic E-state index is -3.82. The van der Waals surface area contributed by atoms with Gasteiger partial charge in [0, 0.05) is 30.2 Å². The largest absolute Gasteiger partial charge is 0.492 e. The molecule has 1 saturated carbocycles. The third-order valence-electron chi connectivity index (χ3n) is 7.05. The van der Waals surface area contributed by atoms with E-state index in [1.807, 2.05) is 13.8 Å². The van der Waals surface area contributed by atoms with Gasteiger partial charge in [-0.05, 0) is 56.2 Å². The maximum Gasteiger partial charge on any atom is 0.344 e. The zero-order valence-corrected chi connectivity index (χ0v) is 23.1. The summed E-state index contributed by atoms with van der Waals surface area (Å²) in [6, 6.07) is 2.95. The van der Waals surface area contributed by atoms with E-state index in [-0.39, 0.29) is 39.1 Å². The Morgan fingerprint density at radius 2 is 1.92 bits per heavy atom. The standard InChI is InChI=1S/C27H32ClNO7S/c1-14(2)23-19-13-37(32,33)22-10-21(35-12-16-7-8-34-11-16)20(28)9-18(22)25(19)29(17-5-6-17)26(30)24(23)27(31)36-15(3)4/h9-10,14-17H,5-8,11-13H2,1-4H3/t16-/m1/s1. The van der Waals surface area contributed by atoms with Gasteiger partial charge in [-0.25, -0.2) is 13.2 Å². The zero-order chi connectivity index (χ0) is 26.6. The minimum Gasteiger partial charge on any atom is -0.492 e. The van der Waals surface area contributed by atoms with E-state index in [2.05, 4.69) is 0 Å². The number of carbonyl (C=O) groups is 1. The Bertz CT molecular complexity index is 1420. The Morgan fingerprint density at radius 3 is 2.51 bits per heavy atom. The van der Waals surface area contributed by atoms with Crippen molar-refractivity contribution in [1.29, 1.82) is 0 Å². The van der Waals surface area contributed by atoms with Gasteiger partial charge in [0.1, 0.15) is 11.3 Å². The predicted molar refractivity (Wildman–Crippen MR) is 139 cm³/mol. The number of esters is 1. The topological polar surface area (TPSA) is 101 Å². The lowest BCUT2D eigenvalue weighted by atomic mass is 9.89. The molecule has 0 N–H and O–H groups in total. The SMILES string of the molecule is CC(C)OC(=O)c1c(C(C)C)c2c(n(C3CC3)c1=O)-c1cc(Cl)c(OC[C@@H]3CCOC3)cc1S(=O)(=O)C2. The number of fused-ring (bicyclic) bond motifs is 3. The molecular formula is C27H32ClNO7S. The van der Waals surface area contributed by atoms with Crippen LogP contribution in [0.25, 0.3) is 11.3 Å². The summed E-state index contributed by atoms with van der Waals surface area (Å²) in [4.78, 5) is 27.1. The van der Waals surface area contributed by atoms with Gasteiger partial charge in [0.25, 0.3) is 5.56 Å². The molecule has 5 rings (SSSR count). The van der Waals surface area contributed by atoms with E-state index in [9.17, 15) is 18.0 Å². The van der Waals surface area contributed by atoms with Gasteiger partial charge in [-0.2, -0.15) is 0 Å². The Morgan fingerprint density at radius 1 is 1.19 bits per heavy atom. The first-order valence-electron chi connectivity index (χ1n) is 12.8. The molecule has 0 bridgehead atoms. The van der Waals surface area contributed by atoms with E-state index < -0.39 is 27.5 Å². The first-order valence-corrected chi connectivity index (χ1v) is 14.8. The van der Waals surface area contributed by atoms with Crippen molar-refractivity contribution in [1.82, 2.24) is 4.57 Å². The van der Waals surface area contributed by atoms with E-state index in [1.54, 1.807) is 24.5 Å². The summed E-state index contributed by atoms with van der Waals surface area (Å²) in [5, 5.41) is 0.268. The van der Waals surface area contributed by atoms with Gasteiger partial charge in [0.05, 0.1) is 40.7 Å². The van der Waals surface area contributed by atoms with Crippen LogP contribution >= 0.6 is 11.6 Å². The average Bonchev–Trinajstić information content (AvgIpc) is 3.50. The first-order chi connectivity index (χ1) is 17.5. The predicted octanol–water partition coefficient (Wildman–Crippen LogP) is 4.89. The second-order valence-corrected chi connectivity index (χ2v) is 13.1. The van der Waals surface area contributed by atoms with Gasteiger partial charge >= 0.3 is 5.97 Å². The Hall–Kier alpha value is -2.36. The molecule has 1 aromatic carbocycles. The molecule has 3 heterocycles. The lowest BCUT2D eigenvalue weighted by Crippen LogP contribution is -2.35. The van der Waals surface area contributed by atoms with Crippen molar-refractivity contribution in [3.05, 3.63) is 44.2 Å². The highest BCUT2D eigenvalue weighted by Crippen LogP contribution is 2.48. The molecule has 1 saturated heterocycles. The Kier molecular flexibility index (Phi) is 6.92.